The van der Waals surface area contributed by atoms with Gasteiger partial charge in [0.2, 0.25) is 5.95 Å². The van der Waals surface area contributed by atoms with Crippen molar-refractivity contribution in [3.63, 3.8) is 0 Å². The van der Waals surface area contributed by atoms with Crippen LogP contribution in [0.25, 0.3) is 11.3 Å². The first-order valence-corrected chi connectivity index (χ1v) is 5.47. The molecule has 0 aliphatic heterocycles. The van der Waals surface area contributed by atoms with Gasteiger partial charge < -0.3 is 5.73 Å². The second kappa shape index (κ2) is 4.75. The highest BCUT2D eigenvalue weighted by molar-refractivity contribution is 6.36. The van der Waals surface area contributed by atoms with Crippen LogP contribution in [0.4, 0.5) is 11.6 Å². The van der Waals surface area contributed by atoms with Gasteiger partial charge >= 0.3 is 5.69 Å². The summed E-state index contributed by atoms with van der Waals surface area (Å²) >= 11 is 11.7. The first-order valence-electron chi connectivity index (χ1n) is 4.71. The Morgan fingerprint density at radius 3 is 2.67 bits per heavy atom. The van der Waals surface area contributed by atoms with Crippen LogP contribution in [0.2, 0.25) is 10.0 Å². The van der Waals surface area contributed by atoms with E-state index in [-0.39, 0.29) is 22.4 Å². The van der Waals surface area contributed by atoms with Gasteiger partial charge in [-0.25, -0.2) is 9.97 Å². The molecule has 0 bridgehead atoms. The van der Waals surface area contributed by atoms with Crippen molar-refractivity contribution in [2.75, 3.05) is 5.73 Å². The molecule has 0 amide bonds. The summed E-state index contributed by atoms with van der Waals surface area (Å²) < 4.78 is 0. The predicted molar refractivity (Wildman–Crippen MR) is 68.6 cm³/mol. The van der Waals surface area contributed by atoms with Gasteiger partial charge in [-0.1, -0.05) is 23.2 Å². The molecule has 0 aliphatic rings. The predicted octanol–water partition coefficient (Wildman–Crippen LogP) is 2.94. The summed E-state index contributed by atoms with van der Waals surface area (Å²) in [6, 6.07) is 4.57. The van der Waals surface area contributed by atoms with Crippen molar-refractivity contribution in [1.29, 1.82) is 0 Å². The molecular formula is C10H6Cl2N4O2. The molecule has 1 aromatic heterocycles. The van der Waals surface area contributed by atoms with Crippen LogP contribution in [-0.2, 0) is 0 Å². The van der Waals surface area contributed by atoms with Gasteiger partial charge in [0.15, 0.2) is 5.69 Å². The van der Waals surface area contributed by atoms with E-state index >= 15 is 0 Å². The van der Waals surface area contributed by atoms with E-state index in [0.717, 1.165) is 6.20 Å². The van der Waals surface area contributed by atoms with Crippen LogP contribution in [-0.4, -0.2) is 14.9 Å². The van der Waals surface area contributed by atoms with Crippen molar-refractivity contribution in [3.05, 3.63) is 44.6 Å². The Hall–Kier alpha value is -1.92. The lowest BCUT2D eigenvalue weighted by atomic mass is 10.1. The van der Waals surface area contributed by atoms with Crippen LogP contribution in [0.3, 0.4) is 0 Å². The second-order valence-electron chi connectivity index (χ2n) is 3.34. The molecule has 0 saturated heterocycles. The molecule has 0 saturated carbocycles. The van der Waals surface area contributed by atoms with Gasteiger partial charge in [-0.15, -0.1) is 0 Å². The zero-order valence-corrected chi connectivity index (χ0v) is 10.3. The zero-order valence-electron chi connectivity index (χ0n) is 8.80. The molecule has 1 heterocycles. The molecule has 0 fully saturated rings. The number of nitro groups is 1. The third kappa shape index (κ3) is 2.34. The monoisotopic (exact) mass is 284 g/mol. The fraction of sp³-hybridized carbons (Fsp3) is 0. The van der Waals surface area contributed by atoms with Gasteiger partial charge in [-0.3, -0.25) is 10.1 Å². The van der Waals surface area contributed by atoms with Crippen LogP contribution in [0.5, 0.6) is 0 Å². The number of nitrogens with two attached hydrogens (primary N) is 1. The van der Waals surface area contributed by atoms with Gasteiger partial charge in [0.25, 0.3) is 0 Å². The molecule has 0 atom stereocenters. The molecule has 18 heavy (non-hydrogen) atoms. The molecular weight excluding hydrogens is 279 g/mol. The third-order valence-corrected chi connectivity index (χ3v) is 2.72. The Kier molecular flexibility index (Phi) is 3.31. The summed E-state index contributed by atoms with van der Waals surface area (Å²) in [6.45, 7) is 0. The van der Waals surface area contributed by atoms with Gasteiger partial charge in [0, 0.05) is 10.6 Å². The summed E-state index contributed by atoms with van der Waals surface area (Å²) in [4.78, 5) is 17.7. The molecule has 2 rings (SSSR count). The Labute approximate surface area is 112 Å². The smallest absolute Gasteiger partial charge is 0.313 e. The third-order valence-electron chi connectivity index (χ3n) is 2.17. The Bertz CT molecular complexity index is 633. The van der Waals surface area contributed by atoms with Crippen molar-refractivity contribution >= 4 is 34.8 Å². The summed E-state index contributed by atoms with van der Waals surface area (Å²) in [5.74, 6) is -0.0679. The maximum absolute atomic E-state index is 10.9. The Morgan fingerprint density at radius 1 is 1.33 bits per heavy atom. The number of hydrogen-bond acceptors (Lipinski definition) is 5. The fourth-order valence-electron chi connectivity index (χ4n) is 1.40. The number of rotatable bonds is 2. The lowest BCUT2D eigenvalue weighted by Crippen LogP contribution is -2.01. The van der Waals surface area contributed by atoms with Crippen molar-refractivity contribution in [3.8, 4) is 11.3 Å². The van der Waals surface area contributed by atoms with E-state index in [2.05, 4.69) is 9.97 Å². The average molecular weight is 285 g/mol. The first kappa shape index (κ1) is 12.5. The van der Waals surface area contributed by atoms with Crippen LogP contribution >= 0.6 is 23.2 Å². The van der Waals surface area contributed by atoms with Crippen LogP contribution < -0.4 is 5.73 Å². The molecule has 92 valence electrons. The van der Waals surface area contributed by atoms with E-state index in [1.54, 1.807) is 12.1 Å². The van der Waals surface area contributed by atoms with Gasteiger partial charge in [0.05, 0.1) is 9.95 Å². The maximum Gasteiger partial charge on any atom is 0.313 e. The Morgan fingerprint density at radius 2 is 2.06 bits per heavy atom. The molecule has 1 aromatic carbocycles. The van der Waals surface area contributed by atoms with Crippen LogP contribution in [0.15, 0.2) is 24.4 Å². The highest BCUT2D eigenvalue weighted by atomic mass is 35.5. The van der Waals surface area contributed by atoms with Crippen molar-refractivity contribution in [1.82, 2.24) is 9.97 Å². The molecule has 2 aromatic rings. The van der Waals surface area contributed by atoms with Crippen molar-refractivity contribution in [2.45, 2.75) is 0 Å². The lowest BCUT2D eigenvalue weighted by molar-refractivity contribution is -0.384. The van der Waals surface area contributed by atoms with Crippen LogP contribution in [0, 0.1) is 10.1 Å². The van der Waals surface area contributed by atoms with Gasteiger partial charge in [0.1, 0.15) is 6.20 Å². The van der Waals surface area contributed by atoms with Crippen molar-refractivity contribution in [2.24, 2.45) is 0 Å². The largest absolute Gasteiger partial charge is 0.368 e. The minimum Gasteiger partial charge on any atom is -0.368 e. The molecule has 8 heteroatoms. The van der Waals surface area contributed by atoms with E-state index in [4.69, 9.17) is 28.9 Å². The molecule has 0 spiro atoms. The molecule has 6 nitrogen and oxygen atoms in total. The number of benzene rings is 1. The number of halogens is 2. The summed E-state index contributed by atoms with van der Waals surface area (Å²) in [6.07, 6.45) is 1.04. The molecule has 2 N–H and O–H groups in total. The number of nitrogen functional groups attached to an aromatic ring is 1. The average Bonchev–Trinajstić information content (AvgIpc) is 2.28. The highest BCUT2D eigenvalue weighted by Crippen LogP contribution is 2.34. The lowest BCUT2D eigenvalue weighted by Gasteiger charge is -2.05. The molecule has 0 unspecified atom stereocenters. The highest BCUT2D eigenvalue weighted by Gasteiger charge is 2.20. The SMILES string of the molecule is Nc1ncc([N+](=O)[O-])c(-c2ccc(Cl)cc2Cl)n1. The topological polar surface area (TPSA) is 94.9 Å². The normalized spacial score (nSPS) is 10.3. The van der Waals surface area contributed by atoms with E-state index in [1.165, 1.54) is 6.07 Å². The quantitative estimate of drug-likeness (QED) is 0.676. The number of nitrogens with zero attached hydrogens (tertiary/aromatic N) is 3. The van der Waals surface area contributed by atoms with E-state index in [1.807, 2.05) is 0 Å². The number of hydrogen-bond donors (Lipinski definition) is 1. The van der Waals surface area contributed by atoms with E-state index in [0.29, 0.717) is 10.6 Å². The number of aromatic nitrogens is 2. The van der Waals surface area contributed by atoms with Gasteiger partial charge in [-0.2, -0.15) is 0 Å². The maximum atomic E-state index is 10.9. The fourth-order valence-corrected chi connectivity index (χ4v) is 1.90. The van der Waals surface area contributed by atoms with Crippen LogP contribution in [0.1, 0.15) is 0 Å². The van der Waals surface area contributed by atoms with E-state index < -0.39 is 4.92 Å². The minimum absolute atomic E-state index is 0.0640. The molecule has 0 radical (unpaired) electrons. The zero-order chi connectivity index (χ0) is 13.3. The summed E-state index contributed by atoms with van der Waals surface area (Å²) in [5, 5.41) is 11.6. The standard InChI is InChI=1S/C10H6Cl2N4O2/c11-5-1-2-6(7(12)3-5)9-8(16(17)18)4-14-10(13)15-9/h1-4H,(H2,13,14,15). The molecule has 0 aliphatic carbocycles. The van der Waals surface area contributed by atoms with Gasteiger partial charge in [-0.05, 0) is 18.2 Å². The minimum atomic E-state index is -0.598. The number of anilines is 1. The summed E-state index contributed by atoms with van der Waals surface area (Å²) in [5.41, 5.74) is 5.60. The Balaban J connectivity index is 2.69. The summed E-state index contributed by atoms with van der Waals surface area (Å²) in [7, 11) is 0. The van der Waals surface area contributed by atoms with Crippen molar-refractivity contribution < 1.29 is 4.92 Å². The van der Waals surface area contributed by atoms with E-state index in [9.17, 15) is 10.1 Å². The first-order chi connectivity index (χ1) is 8.49. The second-order valence-corrected chi connectivity index (χ2v) is 4.19.